The molecule has 0 radical (unpaired) electrons. The quantitative estimate of drug-likeness (QED) is 0.676. The third-order valence-corrected chi connectivity index (χ3v) is 3.23. The summed E-state index contributed by atoms with van der Waals surface area (Å²) in [5.41, 5.74) is 7.63. The summed E-state index contributed by atoms with van der Waals surface area (Å²) in [7, 11) is 0. The lowest BCUT2D eigenvalue weighted by Crippen LogP contribution is -2.03. The van der Waals surface area contributed by atoms with Gasteiger partial charge in [-0.05, 0) is 48.9 Å². The Bertz CT molecular complexity index is 821. The van der Waals surface area contributed by atoms with Crippen LogP contribution in [0.2, 0.25) is 0 Å². The van der Waals surface area contributed by atoms with Gasteiger partial charge in [-0.2, -0.15) is 13.2 Å². The molecular formula is C15H11F3N2O. The Kier molecular flexibility index (Phi) is 2.90. The molecule has 3 nitrogen and oxygen atoms in total. The molecule has 0 aliphatic heterocycles. The second kappa shape index (κ2) is 4.51. The van der Waals surface area contributed by atoms with E-state index in [1.807, 2.05) is 6.92 Å². The van der Waals surface area contributed by atoms with Gasteiger partial charge in [0.1, 0.15) is 5.52 Å². The Labute approximate surface area is 118 Å². The lowest BCUT2D eigenvalue weighted by Gasteiger charge is -2.04. The second-order valence-electron chi connectivity index (χ2n) is 4.77. The SMILES string of the molecule is Cc1cc(-c2nc3cc(C(F)(F)F)ccc3o2)ccc1N. The lowest BCUT2D eigenvalue weighted by atomic mass is 10.1. The van der Waals surface area contributed by atoms with Crippen LogP contribution in [-0.2, 0) is 6.18 Å². The van der Waals surface area contributed by atoms with Crippen molar-refractivity contribution in [3.8, 4) is 11.5 Å². The van der Waals surface area contributed by atoms with Crippen LogP contribution in [0.3, 0.4) is 0 Å². The van der Waals surface area contributed by atoms with Gasteiger partial charge in [-0.15, -0.1) is 0 Å². The number of benzene rings is 2. The molecule has 3 rings (SSSR count). The lowest BCUT2D eigenvalue weighted by molar-refractivity contribution is -0.137. The summed E-state index contributed by atoms with van der Waals surface area (Å²) in [4.78, 5) is 4.12. The molecule has 108 valence electrons. The fourth-order valence-electron chi connectivity index (χ4n) is 2.04. The van der Waals surface area contributed by atoms with E-state index in [4.69, 9.17) is 10.2 Å². The second-order valence-corrected chi connectivity index (χ2v) is 4.77. The van der Waals surface area contributed by atoms with Crippen LogP contribution in [0.15, 0.2) is 40.8 Å². The number of halogens is 3. The van der Waals surface area contributed by atoms with E-state index in [0.717, 1.165) is 17.7 Å². The van der Waals surface area contributed by atoms with Gasteiger partial charge >= 0.3 is 6.18 Å². The zero-order valence-corrected chi connectivity index (χ0v) is 11.0. The first-order valence-electron chi connectivity index (χ1n) is 6.19. The smallest absolute Gasteiger partial charge is 0.416 e. The molecule has 1 aromatic heterocycles. The minimum Gasteiger partial charge on any atom is -0.436 e. The number of anilines is 1. The molecule has 0 aliphatic carbocycles. The summed E-state index contributed by atoms with van der Waals surface area (Å²) in [5, 5.41) is 0. The van der Waals surface area contributed by atoms with Gasteiger partial charge in [0.25, 0.3) is 0 Å². The molecule has 3 aromatic rings. The van der Waals surface area contributed by atoms with Crippen LogP contribution in [0.4, 0.5) is 18.9 Å². The van der Waals surface area contributed by atoms with Gasteiger partial charge in [0.2, 0.25) is 5.89 Å². The first kappa shape index (κ1) is 13.5. The Morgan fingerprint density at radius 1 is 1.10 bits per heavy atom. The third-order valence-electron chi connectivity index (χ3n) is 3.23. The van der Waals surface area contributed by atoms with E-state index in [1.54, 1.807) is 18.2 Å². The molecule has 21 heavy (non-hydrogen) atoms. The highest BCUT2D eigenvalue weighted by atomic mass is 19.4. The van der Waals surface area contributed by atoms with Crippen LogP contribution in [0.25, 0.3) is 22.6 Å². The Hall–Kier alpha value is -2.50. The zero-order valence-electron chi connectivity index (χ0n) is 11.0. The maximum Gasteiger partial charge on any atom is 0.416 e. The predicted octanol–water partition coefficient (Wildman–Crippen LogP) is 4.40. The number of nitrogens with two attached hydrogens (primary N) is 1. The minimum absolute atomic E-state index is 0.175. The summed E-state index contributed by atoms with van der Waals surface area (Å²) in [6, 6.07) is 8.44. The van der Waals surface area contributed by atoms with Crippen molar-refractivity contribution < 1.29 is 17.6 Å². The third kappa shape index (κ3) is 2.44. The molecule has 0 fully saturated rings. The molecule has 0 aliphatic rings. The summed E-state index contributed by atoms with van der Waals surface area (Å²) in [5.74, 6) is 0.271. The van der Waals surface area contributed by atoms with Crippen molar-refractivity contribution in [3.05, 3.63) is 47.5 Å². The first-order valence-corrected chi connectivity index (χ1v) is 6.19. The largest absolute Gasteiger partial charge is 0.436 e. The number of oxazole rings is 1. The van der Waals surface area contributed by atoms with Gasteiger partial charge < -0.3 is 10.2 Å². The van der Waals surface area contributed by atoms with E-state index < -0.39 is 11.7 Å². The van der Waals surface area contributed by atoms with Crippen LogP contribution in [0, 0.1) is 6.92 Å². The zero-order chi connectivity index (χ0) is 15.2. The average Bonchev–Trinajstić information content (AvgIpc) is 2.83. The molecule has 0 saturated heterocycles. The van der Waals surface area contributed by atoms with E-state index in [1.165, 1.54) is 6.07 Å². The number of hydrogen-bond donors (Lipinski definition) is 1. The monoisotopic (exact) mass is 292 g/mol. The minimum atomic E-state index is -4.40. The molecule has 0 atom stereocenters. The normalized spacial score (nSPS) is 12.0. The molecule has 0 unspecified atom stereocenters. The Balaban J connectivity index is 2.10. The van der Waals surface area contributed by atoms with Gasteiger partial charge in [-0.3, -0.25) is 0 Å². The summed E-state index contributed by atoms with van der Waals surface area (Å²) in [6.07, 6.45) is -4.40. The standard InChI is InChI=1S/C15H11F3N2O/c1-8-6-9(2-4-11(8)19)14-20-12-7-10(15(16,17)18)3-5-13(12)21-14/h2-7H,19H2,1H3. The molecule has 0 saturated carbocycles. The van der Waals surface area contributed by atoms with Crippen LogP contribution in [0.5, 0.6) is 0 Å². The van der Waals surface area contributed by atoms with Gasteiger partial charge in [0.15, 0.2) is 5.58 Å². The van der Waals surface area contributed by atoms with Crippen LogP contribution in [-0.4, -0.2) is 4.98 Å². The van der Waals surface area contributed by atoms with Crippen LogP contribution < -0.4 is 5.73 Å². The highest BCUT2D eigenvalue weighted by molar-refractivity contribution is 5.77. The number of rotatable bonds is 1. The van der Waals surface area contributed by atoms with E-state index >= 15 is 0 Å². The average molecular weight is 292 g/mol. The van der Waals surface area contributed by atoms with Gasteiger partial charge in [0, 0.05) is 11.3 Å². The predicted molar refractivity (Wildman–Crippen MR) is 73.6 cm³/mol. The van der Waals surface area contributed by atoms with Crippen molar-refractivity contribution in [2.75, 3.05) is 5.73 Å². The van der Waals surface area contributed by atoms with Crippen LogP contribution in [0.1, 0.15) is 11.1 Å². The fraction of sp³-hybridized carbons (Fsp3) is 0.133. The summed E-state index contributed by atoms with van der Waals surface area (Å²) < 4.78 is 43.5. The van der Waals surface area contributed by atoms with E-state index in [2.05, 4.69) is 4.98 Å². The molecule has 6 heteroatoms. The molecule has 1 heterocycles. The number of hydrogen-bond acceptors (Lipinski definition) is 3. The maximum absolute atomic E-state index is 12.7. The van der Waals surface area contributed by atoms with E-state index in [-0.39, 0.29) is 11.4 Å². The molecular weight excluding hydrogens is 281 g/mol. The number of alkyl halides is 3. The number of fused-ring (bicyclic) bond motifs is 1. The van der Waals surface area contributed by atoms with Gasteiger partial charge in [-0.25, -0.2) is 4.98 Å². The molecule has 0 spiro atoms. The number of nitrogen functional groups attached to an aromatic ring is 1. The van der Waals surface area contributed by atoms with Crippen molar-refractivity contribution in [2.24, 2.45) is 0 Å². The first-order chi connectivity index (χ1) is 9.84. The van der Waals surface area contributed by atoms with Crippen molar-refractivity contribution in [1.29, 1.82) is 0 Å². The Morgan fingerprint density at radius 3 is 2.52 bits per heavy atom. The topological polar surface area (TPSA) is 52.0 Å². The maximum atomic E-state index is 12.7. The highest BCUT2D eigenvalue weighted by Gasteiger charge is 2.31. The molecule has 2 N–H and O–H groups in total. The van der Waals surface area contributed by atoms with Crippen LogP contribution >= 0.6 is 0 Å². The molecule has 0 amide bonds. The van der Waals surface area contributed by atoms with Gasteiger partial charge in [0.05, 0.1) is 5.56 Å². The van der Waals surface area contributed by atoms with Gasteiger partial charge in [-0.1, -0.05) is 0 Å². The fourth-order valence-corrected chi connectivity index (χ4v) is 2.04. The number of nitrogens with zero attached hydrogens (tertiary/aromatic N) is 1. The highest BCUT2D eigenvalue weighted by Crippen LogP contribution is 2.33. The van der Waals surface area contributed by atoms with Crippen molar-refractivity contribution in [3.63, 3.8) is 0 Å². The summed E-state index contributed by atoms with van der Waals surface area (Å²) >= 11 is 0. The van der Waals surface area contributed by atoms with Crippen molar-refractivity contribution in [2.45, 2.75) is 13.1 Å². The molecule has 0 bridgehead atoms. The number of aromatic nitrogens is 1. The molecule has 2 aromatic carbocycles. The van der Waals surface area contributed by atoms with Crippen molar-refractivity contribution in [1.82, 2.24) is 4.98 Å². The van der Waals surface area contributed by atoms with E-state index in [0.29, 0.717) is 16.8 Å². The van der Waals surface area contributed by atoms with E-state index in [9.17, 15) is 13.2 Å². The number of aryl methyl sites for hydroxylation is 1. The Morgan fingerprint density at radius 2 is 1.86 bits per heavy atom. The summed E-state index contributed by atoms with van der Waals surface area (Å²) in [6.45, 7) is 1.84. The van der Waals surface area contributed by atoms with Crippen molar-refractivity contribution >= 4 is 16.8 Å².